The fraction of sp³-hybridized carbons (Fsp3) is 0.545. The fourth-order valence-corrected chi connectivity index (χ4v) is 6.12. The molecule has 120 valence electrons. The van der Waals surface area contributed by atoms with Gasteiger partial charge in [0.2, 0.25) is 0 Å². The van der Waals surface area contributed by atoms with Crippen LogP contribution in [0.25, 0.3) is 0 Å². The average Bonchev–Trinajstić information content (AvgIpc) is 2.78. The summed E-state index contributed by atoms with van der Waals surface area (Å²) in [5.41, 5.74) is 0. The van der Waals surface area contributed by atoms with Crippen molar-refractivity contribution in [2.24, 2.45) is 11.8 Å². The number of hydrogen-bond acceptors (Lipinski definition) is 4. The normalized spacial score (nSPS) is 42.2. The van der Waals surface area contributed by atoms with Crippen LogP contribution in [-0.4, -0.2) is 36.9 Å². The summed E-state index contributed by atoms with van der Waals surface area (Å²) in [6.07, 6.45) is 0. The summed E-state index contributed by atoms with van der Waals surface area (Å²) in [7, 11) is 0. The molecule has 0 aromatic rings. The van der Waals surface area contributed by atoms with Crippen LogP contribution in [0.1, 0.15) is 6.92 Å². The Morgan fingerprint density at radius 1 is 1.00 bits per heavy atom. The van der Waals surface area contributed by atoms with Gasteiger partial charge in [-0.25, -0.2) is 4.79 Å². The lowest BCUT2D eigenvalue weighted by Gasteiger charge is -2.34. The Balaban J connectivity index is 2.21. The molecular weight excluding hydrogens is 423 g/mol. The molecule has 1 heterocycles. The molecule has 2 aliphatic carbocycles. The zero-order chi connectivity index (χ0) is 16.8. The van der Waals surface area contributed by atoms with Gasteiger partial charge in [0, 0.05) is 6.92 Å². The lowest BCUT2D eigenvalue weighted by atomic mass is 9.84. The topological polar surface area (TPSA) is 63.7 Å². The van der Waals surface area contributed by atoms with Crippen LogP contribution in [0, 0.1) is 11.8 Å². The maximum Gasteiger partial charge on any atom is 0.330 e. The van der Waals surface area contributed by atoms with Crippen molar-refractivity contribution in [2.45, 2.75) is 21.0 Å². The van der Waals surface area contributed by atoms with Crippen LogP contribution in [0.15, 0.2) is 10.1 Å². The van der Waals surface area contributed by atoms with Gasteiger partial charge in [0.05, 0.1) is 21.9 Å². The Bertz CT molecular complexity index is 631. The Kier molecular flexibility index (Phi) is 3.53. The van der Waals surface area contributed by atoms with Gasteiger partial charge in [0.25, 0.3) is 11.8 Å². The molecule has 0 spiro atoms. The third kappa shape index (κ3) is 1.49. The molecule has 11 heteroatoms. The van der Waals surface area contributed by atoms with Gasteiger partial charge in [0.15, 0.2) is 4.33 Å². The van der Waals surface area contributed by atoms with E-state index in [-0.39, 0.29) is 10.1 Å². The van der Waals surface area contributed by atoms with E-state index in [1.807, 2.05) is 0 Å². The SMILES string of the molecule is CC(=O)ON1C(=O)[C@H]2[C@H](C1=O)[C@]1(Cl)C(Cl)=C(Cl)[C@]2(Cl)C1(Cl)Cl. The van der Waals surface area contributed by atoms with E-state index in [9.17, 15) is 14.4 Å². The molecule has 2 bridgehead atoms. The number of alkyl halides is 4. The van der Waals surface area contributed by atoms with Crippen LogP contribution in [0.2, 0.25) is 0 Å². The van der Waals surface area contributed by atoms with Crippen molar-refractivity contribution in [1.82, 2.24) is 5.06 Å². The third-order valence-corrected chi connectivity index (χ3v) is 8.35. The van der Waals surface area contributed by atoms with Crippen LogP contribution in [-0.2, 0) is 19.2 Å². The van der Waals surface area contributed by atoms with Crippen molar-refractivity contribution in [3.63, 3.8) is 0 Å². The molecule has 5 nitrogen and oxygen atoms in total. The van der Waals surface area contributed by atoms with Gasteiger partial charge in [-0.05, 0) is 0 Å². The van der Waals surface area contributed by atoms with E-state index >= 15 is 0 Å². The number of hydroxylamine groups is 2. The van der Waals surface area contributed by atoms with E-state index in [4.69, 9.17) is 69.6 Å². The monoisotopic (exact) mass is 425 g/mol. The lowest BCUT2D eigenvalue weighted by molar-refractivity contribution is -0.197. The first-order valence-electron chi connectivity index (χ1n) is 5.82. The van der Waals surface area contributed by atoms with Crippen molar-refractivity contribution in [1.29, 1.82) is 0 Å². The molecule has 1 aliphatic heterocycles. The van der Waals surface area contributed by atoms with Crippen LogP contribution in [0.3, 0.4) is 0 Å². The van der Waals surface area contributed by atoms with E-state index in [0.29, 0.717) is 5.06 Å². The maximum absolute atomic E-state index is 12.5. The van der Waals surface area contributed by atoms with E-state index in [1.54, 1.807) is 0 Å². The second-order valence-corrected chi connectivity index (χ2v) is 8.41. The van der Waals surface area contributed by atoms with E-state index in [0.717, 1.165) is 6.92 Å². The highest BCUT2D eigenvalue weighted by molar-refractivity contribution is 6.66. The van der Waals surface area contributed by atoms with Crippen molar-refractivity contribution in [3.8, 4) is 0 Å². The Hall–Kier alpha value is 0.0900. The standard InChI is InChI=1S/C11H5Cl6NO4/c1-2(19)22-18-7(20)3-4(8(18)21)10(15)6(13)5(12)9(3,14)11(10,16)17/h3-4H,1H3/t3-,4-,9+,10+/m1/s1. The van der Waals surface area contributed by atoms with Gasteiger partial charge in [-0.1, -0.05) is 46.4 Å². The van der Waals surface area contributed by atoms with Gasteiger partial charge >= 0.3 is 5.97 Å². The summed E-state index contributed by atoms with van der Waals surface area (Å²) in [4.78, 5) is 36.8. The van der Waals surface area contributed by atoms with Crippen LogP contribution < -0.4 is 0 Å². The van der Waals surface area contributed by atoms with Gasteiger partial charge in [-0.2, -0.15) is 0 Å². The smallest absolute Gasteiger partial charge is 0.330 e. The van der Waals surface area contributed by atoms with E-state index in [2.05, 4.69) is 4.84 Å². The van der Waals surface area contributed by atoms with Crippen molar-refractivity contribution < 1.29 is 19.2 Å². The number of imide groups is 1. The first kappa shape index (κ1) is 16.9. The molecule has 0 aromatic carbocycles. The summed E-state index contributed by atoms with van der Waals surface area (Å²) in [5.74, 6) is -5.28. The first-order chi connectivity index (χ1) is 9.94. The molecule has 22 heavy (non-hydrogen) atoms. The van der Waals surface area contributed by atoms with E-state index < -0.39 is 43.7 Å². The Morgan fingerprint density at radius 3 is 1.68 bits per heavy atom. The highest BCUT2D eigenvalue weighted by Gasteiger charge is 2.88. The first-order valence-corrected chi connectivity index (χ1v) is 8.09. The number of fused-ring (bicyclic) bond motifs is 5. The van der Waals surface area contributed by atoms with Gasteiger partial charge in [0.1, 0.15) is 9.75 Å². The molecule has 2 amide bonds. The van der Waals surface area contributed by atoms with Crippen LogP contribution in [0.5, 0.6) is 0 Å². The number of allylic oxidation sites excluding steroid dienone is 2. The van der Waals surface area contributed by atoms with Crippen molar-refractivity contribution >= 4 is 87.4 Å². The largest absolute Gasteiger partial charge is 0.331 e. The average molecular weight is 428 g/mol. The molecule has 2 fully saturated rings. The minimum absolute atomic E-state index is 0.206. The summed E-state index contributed by atoms with van der Waals surface area (Å²) in [6.45, 7) is 1.03. The molecule has 0 N–H and O–H groups in total. The summed E-state index contributed by atoms with van der Waals surface area (Å²) < 4.78 is -2.00. The van der Waals surface area contributed by atoms with Crippen LogP contribution >= 0.6 is 69.6 Å². The second-order valence-electron chi connectivity index (χ2n) is 5.13. The van der Waals surface area contributed by atoms with Crippen molar-refractivity contribution in [3.05, 3.63) is 10.1 Å². The van der Waals surface area contributed by atoms with Gasteiger partial charge < -0.3 is 4.84 Å². The van der Waals surface area contributed by atoms with E-state index in [1.165, 1.54) is 0 Å². The van der Waals surface area contributed by atoms with Gasteiger partial charge in [-0.3, -0.25) is 9.59 Å². The second kappa shape index (κ2) is 4.58. The molecule has 1 saturated heterocycles. The summed E-state index contributed by atoms with van der Waals surface area (Å²) >= 11 is 37.5. The molecule has 0 aromatic heterocycles. The summed E-state index contributed by atoms with van der Waals surface area (Å²) in [6, 6.07) is 0. The number of halogens is 6. The number of carbonyl (C=O) groups is 3. The third-order valence-electron chi connectivity index (χ3n) is 4.09. The minimum atomic E-state index is -2.00. The number of hydrogen-bond donors (Lipinski definition) is 0. The number of rotatable bonds is 1. The number of carbonyl (C=O) groups excluding carboxylic acids is 3. The zero-order valence-corrected chi connectivity index (χ0v) is 15.0. The molecule has 0 unspecified atom stereocenters. The number of nitrogens with zero attached hydrogens (tertiary/aromatic N) is 1. The fourth-order valence-electron chi connectivity index (χ4n) is 3.19. The lowest BCUT2D eigenvalue weighted by Crippen LogP contribution is -2.50. The quantitative estimate of drug-likeness (QED) is 0.477. The molecule has 4 atom stereocenters. The molecule has 3 rings (SSSR count). The summed E-state index contributed by atoms with van der Waals surface area (Å²) in [5, 5.41) is -0.111. The molecule has 0 radical (unpaired) electrons. The maximum atomic E-state index is 12.5. The van der Waals surface area contributed by atoms with Gasteiger partial charge in [-0.15, -0.1) is 28.3 Å². The zero-order valence-electron chi connectivity index (χ0n) is 10.5. The number of amides is 2. The molecule has 1 saturated carbocycles. The molecular formula is C11H5Cl6NO4. The predicted molar refractivity (Wildman–Crippen MR) is 80.9 cm³/mol. The predicted octanol–water partition coefficient (Wildman–Crippen LogP) is 2.91. The molecule has 3 aliphatic rings. The minimum Gasteiger partial charge on any atom is -0.331 e. The van der Waals surface area contributed by atoms with Crippen molar-refractivity contribution in [2.75, 3.05) is 0 Å². The Morgan fingerprint density at radius 2 is 1.36 bits per heavy atom. The van der Waals surface area contributed by atoms with Crippen LogP contribution in [0.4, 0.5) is 0 Å². The Labute approximate surface area is 154 Å². The highest BCUT2D eigenvalue weighted by Crippen LogP contribution is 2.77. The highest BCUT2D eigenvalue weighted by atomic mass is 35.5.